The molecule has 2 heteroatoms. The molecule has 1 aliphatic heterocycles. The summed E-state index contributed by atoms with van der Waals surface area (Å²) in [5.74, 6) is 0.167. The number of hydrogen-bond donors (Lipinski definition) is 0. The van der Waals surface area contributed by atoms with Gasteiger partial charge in [-0.1, -0.05) is 59.4 Å². The molecule has 0 radical (unpaired) electrons. The van der Waals surface area contributed by atoms with Crippen molar-refractivity contribution in [1.82, 2.24) is 0 Å². The molecule has 0 fully saturated rings. The van der Waals surface area contributed by atoms with Gasteiger partial charge < -0.3 is 0 Å². The number of carbonyl (C=O) groups excluding carboxylic acids is 1. The van der Waals surface area contributed by atoms with Gasteiger partial charge in [0.05, 0.1) is 4.91 Å². The Hall–Kier alpha value is -0.500. The van der Waals surface area contributed by atoms with E-state index in [1.54, 1.807) is 17.8 Å². The van der Waals surface area contributed by atoms with Gasteiger partial charge in [0, 0.05) is 0 Å². The van der Waals surface area contributed by atoms with E-state index in [4.69, 9.17) is 0 Å². The summed E-state index contributed by atoms with van der Waals surface area (Å²) in [6.07, 6.45) is 3.84. The van der Waals surface area contributed by atoms with Gasteiger partial charge in [-0.15, -0.1) is 0 Å². The fourth-order valence-corrected chi connectivity index (χ4v) is 2.53. The van der Waals surface area contributed by atoms with Crippen molar-refractivity contribution in [2.24, 2.45) is 10.8 Å². The first kappa shape index (κ1) is 12.6. The largest absolute Gasteiger partial charge is 0.289 e. The molecule has 0 aromatic heterocycles. The van der Waals surface area contributed by atoms with Gasteiger partial charge in [-0.25, -0.2) is 0 Å². The summed E-state index contributed by atoms with van der Waals surface area (Å²) in [7, 11) is 0. The third-order valence-electron chi connectivity index (χ3n) is 2.03. The van der Waals surface area contributed by atoms with Crippen molar-refractivity contribution in [1.29, 1.82) is 0 Å². The number of hydrogen-bond acceptors (Lipinski definition) is 2. The van der Waals surface area contributed by atoms with E-state index < -0.39 is 0 Å². The van der Waals surface area contributed by atoms with Crippen LogP contribution in [0, 0.1) is 10.8 Å². The summed E-state index contributed by atoms with van der Waals surface area (Å²) in [5, 5.41) is 0. The number of thioether (sulfide) groups is 1. The minimum Gasteiger partial charge on any atom is -0.289 e. The molecule has 0 aliphatic carbocycles. The lowest BCUT2D eigenvalue weighted by Gasteiger charge is -2.19. The van der Waals surface area contributed by atoms with Crippen LogP contribution in [-0.2, 0) is 4.79 Å². The second-order valence-corrected chi connectivity index (χ2v) is 7.18. The molecular formula is C13H20OS. The molecule has 0 saturated heterocycles. The van der Waals surface area contributed by atoms with Crippen LogP contribution in [0.5, 0.6) is 0 Å². The highest BCUT2D eigenvalue weighted by Crippen LogP contribution is 2.44. The van der Waals surface area contributed by atoms with Gasteiger partial charge >= 0.3 is 0 Å². The number of allylic oxidation sites excluding steroid dienone is 4. The predicted molar refractivity (Wildman–Crippen MR) is 67.7 cm³/mol. The molecule has 0 aromatic carbocycles. The van der Waals surface area contributed by atoms with Crippen molar-refractivity contribution < 1.29 is 4.79 Å². The first-order valence-electron chi connectivity index (χ1n) is 5.27. The molecule has 0 amide bonds. The van der Waals surface area contributed by atoms with Crippen molar-refractivity contribution in [3.63, 3.8) is 0 Å². The van der Waals surface area contributed by atoms with Crippen LogP contribution < -0.4 is 0 Å². The topological polar surface area (TPSA) is 17.1 Å². The van der Waals surface area contributed by atoms with Crippen LogP contribution in [0.25, 0.3) is 0 Å². The van der Waals surface area contributed by atoms with Crippen LogP contribution in [0.2, 0.25) is 0 Å². The van der Waals surface area contributed by atoms with E-state index in [0.717, 1.165) is 4.91 Å². The first-order valence-corrected chi connectivity index (χ1v) is 6.08. The van der Waals surface area contributed by atoms with Gasteiger partial charge in [0.1, 0.15) is 0 Å². The molecule has 84 valence electrons. The van der Waals surface area contributed by atoms with E-state index >= 15 is 0 Å². The van der Waals surface area contributed by atoms with E-state index in [2.05, 4.69) is 47.6 Å². The molecule has 1 aliphatic rings. The first-order chi connectivity index (χ1) is 6.59. The molecule has 0 spiro atoms. The zero-order valence-corrected chi connectivity index (χ0v) is 11.3. The number of carbonyl (C=O) groups is 1. The second-order valence-electron chi connectivity index (χ2n) is 6.10. The molecule has 1 heterocycles. The molecule has 0 unspecified atom stereocenters. The molecule has 1 nitrogen and oxygen atoms in total. The van der Waals surface area contributed by atoms with Crippen molar-refractivity contribution in [2.75, 3.05) is 0 Å². The molecule has 0 saturated carbocycles. The van der Waals surface area contributed by atoms with Crippen LogP contribution in [0.3, 0.4) is 0 Å². The summed E-state index contributed by atoms with van der Waals surface area (Å²) in [5.41, 5.74) is 0.146. The van der Waals surface area contributed by atoms with Crippen LogP contribution in [-0.4, -0.2) is 5.78 Å². The van der Waals surface area contributed by atoms with Crippen molar-refractivity contribution in [3.05, 3.63) is 22.0 Å². The Morgan fingerprint density at radius 1 is 1.13 bits per heavy atom. The third kappa shape index (κ3) is 3.53. The summed E-state index contributed by atoms with van der Waals surface area (Å²) in [6.45, 7) is 12.8. The predicted octanol–water partition coefficient (Wildman–Crippen LogP) is 4.16. The maximum Gasteiger partial charge on any atom is 0.193 e. The van der Waals surface area contributed by atoms with E-state index in [9.17, 15) is 4.79 Å². The lowest BCUT2D eigenvalue weighted by atomic mass is 9.94. The summed E-state index contributed by atoms with van der Waals surface area (Å²) >= 11 is 1.63. The smallest absolute Gasteiger partial charge is 0.193 e. The van der Waals surface area contributed by atoms with E-state index in [1.807, 2.05) is 0 Å². The van der Waals surface area contributed by atoms with Crippen molar-refractivity contribution in [3.8, 4) is 0 Å². The fraction of sp³-hybridized carbons (Fsp3) is 0.615. The average Bonchev–Trinajstić information content (AvgIpc) is 2.27. The van der Waals surface area contributed by atoms with Gasteiger partial charge in [-0.3, -0.25) is 4.79 Å². The lowest BCUT2D eigenvalue weighted by Crippen LogP contribution is -2.04. The Labute approximate surface area is 97.0 Å². The van der Waals surface area contributed by atoms with Gasteiger partial charge in [0.2, 0.25) is 0 Å². The third-order valence-corrected chi connectivity index (χ3v) is 3.52. The average molecular weight is 224 g/mol. The second kappa shape index (κ2) is 3.82. The standard InChI is InChI=1S/C13H20OS/c1-12(2,3)8-10-9(14)7-11(15-10)13(4,5)6/h7-8H,1-6H3/b10-8-. The van der Waals surface area contributed by atoms with E-state index in [-0.39, 0.29) is 16.6 Å². The molecule has 0 atom stereocenters. The maximum atomic E-state index is 11.7. The Balaban J connectivity index is 2.91. The molecule has 1 rings (SSSR count). The normalized spacial score (nSPS) is 21.1. The molecule has 0 bridgehead atoms. The monoisotopic (exact) mass is 224 g/mol. The van der Waals surface area contributed by atoms with Crippen molar-refractivity contribution in [2.45, 2.75) is 41.5 Å². The van der Waals surface area contributed by atoms with Crippen molar-refractivity contribution >= 4 is 17.5 Å². The SMILES string of the molecule is CC(C)(C)/C=C1\SC(C(C)(C)C)=CC1=O. The highest BCUT2D eigenvalue weighted by atomic mass is 32.2. The summed E-state index contributed by atoms with van der Waals surface area (Å²) in [4.78, 5) is 13.8. The Morgan fingerprint density at radius 2 is 1.67 bits per heavy atom. The minimum absolute atomic E-state index is 0.0686. The Morgan fingerprint density at radius 3 is 2.00 bits per heavy atom. The van der Waals surface area contributed by atoms with Gasteiger partial charge in [0.25, 0.3) is 0 Å². The van der Waals surface area contributed by atoms with Gasteiger partial charge in [-0.05, 0) is 21.8 Å². The summed E-state index contributed by atoms with van der Waals surface area (Å²) in [6, 6.07) is 0. The Bertz CT molecular complexity index is 335. The Kier molecular flexibility index (Phi) is 3.20. The molecular weight excluding hydrogens is 204 g/mol. The lowest BCUT2D eigenvalue weighted by molar-refractivity contribution is -0.110. The van der Waals surface area contributed by atoms with Gasteiger partial charge in [0.15, 0.2) is 5.78 Å². The zero-order valence-electron chi connectivity index (χ0n) is 10.5. The fourth-order valence-electron chi connectivity index (χ4n) is 1.25. The molecule has 15 heavy (non-hydrogen) atoms. The summed E-state index contributed by atoms with van der Waals surface area (Å²) < 4.78 is 0. The zero-order chi connectivity index (χ0) is 11.9. The van der Waals surface area contributed by atoms with E-state index in [0.29, 0.717) is 0 Å². The highest BCUT2D eigenvalue weighted by Gasteiger charge is 2.28. The highest BCUT2D eigenvalue weighted by molar-refractivity contribution is 8.08. The molecule has 0 N–H and O–H groups in total. The van der Waals surface area contributed by atoms with Gasteiger partial charge in [-0.2, -0.15) is 0 Å². The number of rotatable bonds is 0. The van der Waals surface area contributed by atoms with Crippen LogP contribution in [0.1, 0.15) is 41.5 Å². The number of ketones is 1. The van der Waals surface area contributed by atoms with Crippen LogP contribution in [0.15, 0.2) is 22.0 Å². The van der Waals surface area contributed by atoms with Crippen LogP contribution in [0.4, 0.5) is 0 Å². The van der Waals surface area contributed by atoms with E-state index in [1.165, 1.54) is 4.91 Å². The molecule has 0 aromatic rings. The minimum atomic E-state index is 0.0686. The van der Waals surface area contributed by atoms with Crippen LogP contribution >= 0.6 is 11.8 Å². The maximum absolute atomic E-state index is 11.7. The quantitative estimate of drug-likeness (QED) is 0.575.